The van der Waals surface area contributed by atoms with Crippen LogP contribution in [0.4, 0.5) is 21.5 Å². The Morgan fingerprint density at radius 2 is 2.10 bits per heavy atom. The monoisotopic (exact) mass is 415 g/mol. The molecular formula is C19H15ClFN5O3. The van der Waals surface area contributed by atoms with E-state index in [4.69, 9.17) is 11.6 Å². The number of carboxylic acids is 1. The first-order valence-electron chi connectivity index (χ1n) is 8.40. The molecule has 3 rings (SSSR count). The van der Waals surface area contributed by atoms with Crippen LogP contribution in [-0.4, -0.2) is 33.8 Å². The van der Waals surface area contributed by atoms with E-state index in [1.807, 2.05) is 6.07 Å². The van der Waals surface area contributed by atoms with Crippen LogP contribution < -0.4 is 16.2 Å². The molecule has 148 valence electrons. The zero-order chi connectivity index (χ0) is 21.1. The maximum absolute atomic E-state index is 12.6. The molecule has 0 bridgehead atoms. The molecule has 0 radical (unpaired) electrons. The summed E-state index contributed by atoms with van der Waals surface area (Å²) in [4.78, 5) is 27.0. The number of pyridine rings is 2. The number of nitrogens with one attached hydrogen (secondary N) is 2. The number of aryl methyl sites for hydroxylation is 1. The number of nitriles is 1. The third-order valence-corrected chi connectivity index (χ3v) is 4.52. The van der Waals surface area contributed by atoms with Crippen LogP contribution in [0.2, 0.25) is 5.15 Å². The maximum atomic E-state index is 12.6. The van der Waals surface area contributed by atoms with E-state index in [9.17, 15) is 24.3 Å². The second-order valence-corrected chi connectivity index (χ2v) is 6.42. The van der Waals surface area contributed by atoms with Crippen molar-refractivity contribution in [1.29, 1.82) is 5.26 Å². The fraction of sp³-hybridized carbons (Fsp3) is 0.158. The molecule has 0 aliphatic carbocycles. The Kier molecular flexibility index (Phi) is 5.66. The third-order valence-electron chi connectivity index (χ3n) is 4.24. The SMILES string of the molecule is Cn1c(=O)cc(NCCF)c2cc(Nc3cc(C(=O)O)nc(Cl)c3C#N)ccc21. The predicted octanol–water partition coefficient (Wildman–Crippen LogP) is 3.28. The van der Waals surface area contributed by atoms with Gasteiger partial charge in [0.2, 0.25) is 0 Å². The lowest BCUT2D eigenvalue weighted by atomic mass is 10.1. The second kappa shape index (κ2) is 8.16. The number of fused-ring (bicyclic) bond motifs is 1. The van der Waals surface area contributed by atoms with Gasteiger partial charge in [-0.3, -0.25) is 4.79 Å². The summed E-state index contributed by atoms with van der Waals surface area (Å²) in [6.07, 6.45) is 0. The second-order valence-electron chi connectivity index (χ2n) is 6.07. The first kappa shape index (κ1) is 20.1. The predicted molar refractivity (Wildman–Crippen MR) is 108 cm³/mol. The molecule has 0 saturated carbocycles. The van der Waals surface area contributed by atoms with Gasteiger partial charge in [0.1, 0.15) is 23.5 Å². The van der Waals surface area contributed by atoms with Crippen molar-refractivity contribution in [3.05, 3.63) is 57.1 Å². The number of carboxylic acid groups (broad SMARTS) is 1. The van der Waals surface area contributed by atoms with Gasteiger partial charge in [0.25, 0.3) is 5.56 Å². The van der Waals surface area contributed by atoms with E-state index < -0.39 is 12.6 Å². The fourth-order valence-electron chi connectivity index (χ4n) is 2.85. The van der Waals surface area contributed by atoms with Crippen molar-refractivity contribution in [1.82, 2.24) is 9.55 Å². The first-order chi connectivity index (χ1) is 13.8. The van der Waals surface area contributed by atoms with Crippen LogP contribution in [-0.2, 0) is 7.05 Å². The molecule has 0 aliphatic rings. The summed E-state index contributed by atoms with van der Waals surface area (Å²) in [5.74, 6) is -1.29. The molecule has 0 aliphatic heterocycles. The Labute approximate surface area is 169 Å². The Morgan fingerprint density at radius 1 is 1.34 bits per heavy atom. The average molecular weight is 416 g/mol. The summed E-state index contributed by atoms with van der Waals surface area (Å²) >= 11 is 5.94. The third kappa shape index (κ3) is 3.97. The van der Waals surface area contributed by atoms with Crippen LogP contribution in [0.1, 0.15) is 16.1 Å². The van der Waals surface area contributed by atoms with Crippen molar-refractivity contribution in [2.75, 3.05) is 23.9 Å². The van der Waals surface area contributed by atoms with Crippen molar-refractivity contribution in [3.63, 3.8) is 0 Å². The smallest absolute Gasteiger partial charge is 0.354 e. The minimum atomic E-state index is -1.29. The van der Waals surface area contributed by atoms with Gasteiger partial charge in [0, 0.05) is 36.4 Å². The molecular weight excluding hydrogens is 401 g/mol. The number of rotatable bonds is 6. The largest absolute Gasteiger partial charge is 0.477 e. The first-order valence-corrected chi connectivity index (χ1v) is 8.78. The van der Waals surface area contributed by atoms with E-state index >= 15 is 0 Å². The van der Waals surface area contributed by atoms with Gasteiger partial charge in [-0.1, -0.05) is 11.6 Å². The normalized spacial score (nSPS) is 10.6. The zero-order valence-electron chi connectivity index (χ0n) is 15.2. The molecule has 0 saturated heterocycles. The molecule has 0 unspecified atom stereocenters. The van der Waals surface area contributed by atoms with Crippen LogP contribution in [0.3, 0.4) is 0 Å². The van der Waals surface area contributed by atoms with Gasteiger partial charge < -0.3 is 20.3 Å². The molecule has 0 atom stereocenters. The van der Waals surface area contributed by atoms with Crippen molar-refractivity contribution in [2.45, 2.75) is 0 Å². The van der Waals surface area contributed by atoms with Gasteiger partial charge in [0.15, 0.2) is 5.69 Å². The van der Waals surface area contributed by atoms with Gasteiger partial charge in [-0.05, 0) is 24.3 Å². The Morgan fingerprint density at radius 3 is 2.76 bits per heavy atom. The average Bonchev–Trinajstić information content (AvgIpc) is 2.69. The molecule has 0 spiro atoms. The highest BCUT2D eigenvalue weighted by molar-refractivity contribution is 6.31. The fourth-order valence-corrected chi connectivity index (χ4v) is 3.09. The number of benzene rings is 1. The van der Waals surface area contributed by atoms with Crippen LogP contribution in [0.15, 0.2) is 35.1 Å². The van der Waals surface area contributed by atoms with E-state index in [2.05, 4.69) is 15.6 Å². The number of carbonyl (C=O) groups is 1. The van der Waals surface area contributed by atoms with Gasteiger partial charge in [-0.2, -0.15) is 5.26 Å². The standard InChI is InChI=1S/C19H15ClFN5O3/c1-26-16-3-2-10(6-11(16)13(8-17(26)27)23-5-4-21)24-14-7-15(19(28)29)25-18(20)12(14)9-22/h2-3,6-8,23H,4-5H2,1H3,(H,24,25)(H,28,29). The van der Waals surface area contributed by atoms with E-state index in [-0.39, 0.29) is 34.2 Å². The highest BCUT2D eigenvalue weighted by Gasteiger charge is 2.16. The van der Waals surface area contributed by atoms with Crippen LogP contribution in [0.25, 0.3) is 10.9 Å². The summed E-state index contributed by atoms with van der Waals surface area (Å²) in [6.45, 7) is -0.561. The molecule has 8 nitrogen and oxygen atoms in total. The van der Waals surface area contributed by atoms with Gasteiger partial charge in [-0.25, -0.2) is 14.2 Å². The summed E-state index contributed by atoms with van der Waals surface area (Å²) < 4.78 is 14.0. The molecule has 2 aromatic heterocycles. The van der Waals surface area contributed by atoms with Crippen LogP contribution in [0.5, 0.6) is 0 Å². The lowest BCUT2D eigenvalue weighted by Gasteiger charge is -2.14. The number of anilines is 3. The van der Waals surface area contributed by atoms with Crippen molar-refractivity contribution < 1.29 is 14.3 Å². The lowest BCUT2D eigenvalue weighted by Crippen LogP contribution is -2.18. The lowest BCUT2D eigenvalue weighted by molar-refractivity contribution is 0.0690. The minimum absolute atomic E-state index is 0.00648. The number of nitrogens with zero attached hydrogens (tertiary/aromatic N) is 3. The van der Waals surface area contributed by atoms with Gasteiger partial charge in [0.05, 0.1) is 11.2 Å². The van der Waals surface area contributed by atoms with Gasteiger partial charge >= 0.3 is 5.97 Å². The number of hydrogen-bond acceptors (Lipinski definition) is 6. The van der Waals surface area contributed by atoms with Crippen molar-refractivity contribution in [3.8, 4) is 6.07 Å². The number of aromatic carboxylic acids is 1. The molecule has 2 heterocycles. The van der Waals surface area contributed by atoms with Crippen LogP contribution in [0, 0.1) is 11.3 Å². The number of aromatic nitrogens is 2. The van der Waals surface area contributed by atoms with E-state index in [1.165, 1.54) is 16.7 Å². The number of halogens is 2. The minimum Gasteiger partial charge on any atom is -0.477 e. The molecule has 10 heteroatoms. The summed E-state index contributed by atoms with van der Waals surface area (Å²) in [6, 6.07) is 9.52. The molecule has 29 heavy (non-hydrogen) atoms. The number of hydrogen-bond donors (Lipinski definition) is 3. The molecule has 3 aromatic rings. The highest BCUT2D eigenvalue weighted by atomic mass is 35.5. The molecule has 0 fully saturated rings. The summed E-state index contributed by atoms with van der Waals surface area (Å²) in [5, 5.41) is 24.8. The number of alkyl halides is 1. The van der Waals surface area contributed by atoms with Crippen molar-refractivity contribution >= 4 is 45.5 Å². The topological polar surface area (TPSA) is 120 Å². The molecule has 3 N–H and O–H groups in total. The van der Waals surface area contributed by atoms with Crippen molar-refractivity contribution in [2.24, 2.45) is 7.05 Å². The maximum Gasteiger partial charge on any atom is 0.354 e. The summed E-state index contributed by atoms with van der Waals surface area (Å²) in [7, 11) is 1.62. The van der Waals surface area contributed by atoms with Crippen LogP contribution >= 0.6 is 11.6 Å². The van der Waals surface area contributed by atoms with E-state index in [0.29, 0.717) is 22.3 Å². The summed E-state index contributed by atoms with van der Waals surface area (Å²) in [5.41, 5.74) is 1.19. The Balaban J connectivity index is 2.12. The Bertz CT molecular complexity index is 1220. The molecule has 0 amide bonds. The zero-order valence-corrected chi connectivity index (χ0v) is 15.9. The Hall–Kier alpha value is -3.64. The van der Waals surface area contributed by atoms with E-state index in [0.717, 1.165) is 0 Å². The quantitative estimate of drug-likeness (QED) is 0.528. The van der Waals surface area contributed by atoms with Gasteiger partial charge in [-0.15, -0.1) is 0 Å². The van der Waals surface area contributed by atoms with E-state index in [1.54, 1.807) is 25.2 Å². The molecule has 1 aromatic carbocycles. The highest BCUT2D eigenvalue weighted by Crippen LogP contribution is 2.30.